The molecule has 0 fully saturated rings. The van der Waals surface area contributed by atoms with E-state index in [9.17, 15) is 8.78 Å². The van der Waals surface area contributed by atoms with E-state index in [4.69, 9.17) is 0 Å². The fourth-order valence-electron chi connectivity index (χ4n) is 1.57. The molecular formula is C14H22F2IN3. The van der Waals surface area contributed by atoms with Crippen molar-refractivity contribution in [3.8, 4) is 0 Å². The predicted octanol–water partition coefficient (Wildman–Crippen LogP) is 2.95. The van der Waals surface area contributed by atoms with E-state index in [0.29, 0.717) is 30.4 Å². The van der Waals surface area contributed by atoms with Crippen molar-refractivity contribution in [2.45, 2.75) is 20.3 Å². The molecule has 0 unspecified atom stereocenters. The third kappa shape index (κ3) is 7.02. The molecule has 114 valence electrons. The van der Waals surface area contributed by atoms with E-state index in [2.05, 4.69) is 29.5 Å². The van der Waals surface area contributed by atoms with Gasteiger partial charge in [-0.3, -0.25) is 4.99 Å². The van der Waals surface area contributed by atoms with Crippen molar-refractivity contribution in [1.82, 2.24) is 10.6 Å². The lowest BCUT2D eigenvalue weighted by molar-refractivity contribution is 0.581. The standard InChI is InChI=1S/C14H21F2N3.HI/c1-10(2)9-19-14(17-3)18-7-6-11-8-12(15)4-5-13(11)16;/h4-5,8,10H,6-7,9H2,1-3H3,(H2,17,18,19);1H. The Balaban J connectivity index is 0.00000361. The molecule has 0 bridgehead atoms. The summed E-state index contributed by atoms with van der Waals surface area (Å²) in [7, 11) is 1.68. The Bertz CT molecular complexity index is 436. The fraction of sp³-hybridized carbons (Fsp3) is 0.500. The van der Waals surface area contributed by atoms with E-state index < -0.39 is 5.82 Å². The summed E-state index contributed by atoms with van der Waals surface area (Å²) < 4.78 is 26.4. The molecule has 0 saturated carbocycles. The van der Waals surface area contributed by atoms with Crippen molar-refractivity contribution in [3.63, 3.8) is 0 Å². The molecule has 0 aliphatic carbocycles. The molecule has 1 aromatic rings. The van der Waals surface area contributed by atoms with Gasteiger partial charge in [-0.15, -0.1) is 24.0 Å². The maximum Gasteiger partial charge on any atom is 0.190 e. The Hall–Kier alpha value is -0.920. The minimum atomic E-state index is -0.418. The predicted molar refractivity (Wildman–Crippen MR) is 89.7 cm³/mol. The summed E-state index contributed by atoms with van der Waals surface area (Å²) in [6, 6.07) is 3.49. The molecule has 0 amide bonds. The normalized spacial score (nSPS) is 11.2. The maximum absolute atomic E-state index is 13.4. The molecule has 0 aliphatic heterocycles. The van der Waals surface area contributed by atoms with Crippen LogP contribution in [0.25, 0.3) is 0 Å². The number of nitrogens with zero attached hydrogens (tertiary/aromatic N) is 1. The van der Waals surface area contributed by atoms with Crippen LogP contribution >= 0.6 is 24.0 Å². The van der Waals surface area contributed by atoms with Crippen LogP contribution in [0.4, 0.5) is 8.78 Å². The Kier molecular flexibility index (Phi) is 9.45. The van der Waals surface area contributed by atoms with Crippen molar-refractivity contribution in [3.05, 3.63) is 35.4 Å². The summed E-state index contributed by atoms with van der Waals surface area (Å²) in [5.41, 5.74) is 0.367. The molecule has 20 heavy (non-hydrogen) atoms. The van der Waals surface area contributed by atoms with Crippen molar-refractivity contribution in [1.29, 1.82) is 0 Å². The van der Waals surface area contributed by atoms with Crippen LogP contribution in [0.2, 0.25) is 0 Å². The van der Waals surface area contributed by atoms with Gasteiger partial charge in [0.2, 0.25) is 0 Å². The zero-order chi connectivity index (χ0) is 14.3. The molecule has 2 N–H and O–H groups in total. The van der Waals surface area contributed by atoms with Gasteiger partial charge in [-0.05, 0) is 36.1 Å². The summed E-state index contributed by atoms with van der Waals surface area (Å²) in [6.45, 7) is 5.51. The summed E-state index contributed by atoms with van der Waals surface area (Å²) in [5, 5.41) is 6.22. The first-order valence-electron chi connectivity index (χ1n) is 6.41. The Morgan fingerprint density at radius 1 is 1.25 bits per heavy atom. The number of hydrogen-bond donors (Lipinski definition) is 2. The highest BCUT2D eigenvalue weighted by Gasteiger charge is 2.04. The summed E-state index contributed by atoms with van der Waals surface area (Å²) in [6.07, 6.45) is 0.409. The molecular weight excluding hydrogens is 375 g/mol. The van der Waals surface area contributed by atoms with Gasteiger partial charge in [-0.25, -0.2) is 8.78 Å². The second kappa shape index (κ2) is 9.90. The highest BCUT2D eigenvalue weighted by molar-refractivity contribution is 14.0. The van der Waals surface area contributed by atoms with Crippen LogP contribution in [0.15, 0.2) is 23.2 Å². The summed E-state index contributed by atoms with van der Waals surface area (Å²) in [4.78, 5) is 4.06. The lowest BCUT2D eigenvalue weighted by Crippen LogP contribution is -2.40. The number of halogens is 3. The molecule has 0 aliphatic rings. The van der Waals surface area contributed by atoms with Crippen LogP contribution in [-0.4, -0.2) is 26.1 Å². The van der Waals surface area contributed by atoms with Crippen LogP contribution < -0.4 is 10.6 Å². The third-order valence-corrected chi connectivity index (χ3v) is 2.60. The average molecular weight is 397 g/mol. The van der Waals surface area contributed by atoms with Crippen molar-refractivity contribution < 1.29 is 8.78 Å². The molecule has 0 atom stereocenters. The van der Waals surface area contributed by atoms with Gasteiger partial charge in [-0.2, -0.15) is 0 Å². The molecule has 0 radical (unpaired) electrons. The fourth-order valence-corrected chi connectivity index (χ4v) is 1.57. The van der Waals surface area contributed by atoms with Crippen LogP contribution in [0, 0.1) is 17.6 Å². The highest BCUT2D eigenvalue weighted by atomic mass is 127. The van der Waals surface area contributed by atoms with E-state index in [-0.39, 0.29) is 29.8 Å². The molecule has 0 heterocycles. The zero-order valence-corrected chi connectivity index (χ0v) is 14.4. The van der Waals surface area contributed by atoms with Crippen LogP contribution in [0.5, 0.6) is 0 Å². The van der Waals surface area contributed by atoms with Crippen molar-refractivity contribution >= 4 is 29.9 Å². The molecule has 1 aromatic carbocycles. The Morgan fingerprint density at radius 3 is 2.55 bits per heavy atom. The Labute approximate surface area is 136 Å². The number of benzene rings is 1. The largest absolute Gasteiger partial charge is 0.356 e. The minimum absolute atomic E-state index is 0. The van der Waals surface area contributed by atoms with Gasteiger partial charge in [0.25, 0.3) is 0 Å². The number of guanidine groups is 1. The highest BCUT2D eigenvalue weighted by Crippen LogP contribution is 2.09. The second-order valence-electron chi connectivity index (χ2n) is 4.76. The lowest BCUT2D eigenvalue weighted by atomic mass is 10.1. The van der Waals surface area contributed by atoms with Crippen LogP contribution in [0.1, 0.15) is 19.4 Å². The monoisotopic (exact) mass is 397 g/mol. The molecule has 1 rings (SSSR count). The molecule has 0 saturated heterocycles. The average Bonchev–Trinajstić information content (AvgIpc) is 2.37. The first kappa shape index (κ1) is 19.1. The Morgan fingerprint density at radius 2 is 1.95 bits per heavy atom. The second-order valence-corrected chi connectivity index (χ2v) is 4.76. The van der Waals surface area contributed by atoms with Crippen LogP contribution in [-0.2, 0) is 6.42 Å². The van der Waals surface area contributed by atoms with E-state index in [0.717, 1.165) is 18.7 Å². The van der Waals surface area contributed by atoms with E-state index in [1.807, 2.05) is 0 Å². The number of nitrogens with one attached hydrogen (secondary N) is 2. The smallest absolute Gasteiger partial charge is 0.190 e. The molecule has 3 nitrogen and oxygen atoms in total. The van der Waals surface area contributed by atoms with Gasteiger partial charge < -0.3 is 10.6 Å². The van der Waals surface area contributed by atoms with E-state index >= 15 is 0 Å². The number of aliphatic imine (C=N–C) groups is 1. The zero-order valence-electron chi connectivity index (χ0n) is 12.0. The molecule has 0 aromatic heterocycles. The SMILES string of the molecule is CN=C(NCCc1cc(F)ccc1F)NCC(C)C.I. The minimum Gasteiger partial charge on any atom is -0.356 e. The van der Waals surface area contributed by atoms with Gasteiger partial charge in [-0.1, -0.05) is 13.8 Å². The van der Waals surface area contributed by atoms with E-state index in [1.54, 1.807) is 7.05 Å². The summed E-state index contributed by atoms with van der Waals surface area (Å²) >= 11 is 0. The topological polar surface area (TPSA) is 36.4 Å². The van der Waals surface area contributed by atoms with Gasteiger partial charge >= 0.3 is 0 Å². The number of rotatable bonds is 5. The van der Waals surface area contributed by atoms with E-state index in [1.165, 1.54) is 6.07 Å². The first-order valence-corrected chi connectivity index (χ1v) is 6.41. The van der Waals surface area contributed by atoms with Crippen molar-refractivity contribution in [2.24, 2.45) is 10.9 Å². The quantitative estimate of drug-likeness (QED) is 0.456. The molecule has 0 spiro atoms. The first-order chi connectivity index (χ1) is 9.02. The lowest BCUT2D eigenvalue weighted by Gasteiger charge is -2.13. The summed E-state index contributed by atoms with van der Waals surface area (Å²) in [5.74, 6) is 0.386. The van der Waals surface area contributed by atoms with Crippen LogP contribution in [0.3, 0.4) is 0 Å². The van der Waals surface area contributed by atoms with Crippen molar-refractivity contribution in [2.75, 3.05) is 20.1 Å². The van der Waals surface area contributed by atoms with Gasteiger partial charge in [0.15, 0.2) is 5.96 Å². The van der Waals surface area contributed by atoms with Gasteiger partial charge in [0.1, 0.15) is 11.6 Å². The maximum atomic E-state index is 13.4. The molecule has 6 heteroatoms. The number of hydrogen-bond acceptors (Lipinski definition) is 1. The van der Waals surface area contributed by atoms with Gasteiger partial charge in [0.05, 0.1) is 0 Å². The third-order valence-electron chi connectivity index (χ3n) is 2.60. The van der Waals surface area contributed by atoms with Gasteiger partial charge in [0, 0.05) is 20.1 Å².